The normalized spacial score (nSPS) is 18.8. The van der Waals surface area contributed by atoms with Gasteiger partial charge in [0, 0.05) is 25.9 Å². The maximum atomic E-state index is 6.13. The Morgan fingerprint density at radius 3 is 2.52 bits per heavy atom. The highest BCUT2D eigenvalue weighted by Gasteiger charge is 2.47. The van der Waals surface area contributed by atoms with Gasteiger partial charge in [-0.3, -0.25) is 14.6 Å². The van der Waals surface area contributed by atoms with Gasteiger partial charge in [-0.05, 0) is 81.3 Å². The molecule has 31 heavy (non-hydrogen) atoms. The Morgan fingerprint density at radius 1 is 1.06 bits per heavy atom. The van der Waals surface area contributed by atoms with Crippen LogP contribution in [0.3, 0.4) is 0 Å². The molecule has 0 unspecified atom stereocenters. The Balaban J connectivity index is 1.12. The van der Waals surface area contributed by atoms with E-state index in [1.807, 2.05) is 49.2 Å². The molecule has 7 nitrogen and oxygen atoms in total. The van der Waals surface area contributed by atoms with E-state index in [0.717, 1.165) is 49.4 Å². The number of hydrogen-bond donors (Lipinski definition) is 0. The summed E-state index contributed by atoms with van der Waals surface area (Å²) in [6, 6.07) is 8.06. The molecule has 7 heteroatoms. The number of rotatable bonds is 5. The monoisotopic (exact) mass is 418 g/mol. The molecule has 3 aromatic heterocycles. The van der Waals surface area contributed by atoms with Gasteiger partial charge in [-0.15, -0.1) is 10.2 Å². The fraction of sp³-hybridized carbons (Fsp3) is 0.500. The van der Waals surface area contributed by atoms with Crippen molar-refractivity contribution in [1.82, 2.24) is 29.9 Å². The second kappa shape index (κ2) is 8.04. The number of aryl methyl sites for hydroxylation is 3. The van der Waals surface area contributed by atoms with E-state index in [9.17, 15) is 0 Å². The first-order chi connectivity index (χ1) is 15.0. The Labute approximate surface area is 183 Å². The second-order valence-corrected chi connectivity index (χ2v) is 9.25. The molecule has 1 aliphatic carbocycles. The minimum atomic E-state index is 0.253. The van der Waals surface area contributed by atoms with E-state index < -0.39 is 0 Å². The molecule has 0 amide bonds. The number of nitrogens with zero attached hydrogens (tertiary/aromatic N) is 6. The van der Waals surface area contributed by atoms with E-state index in [4.69, 9.17) is 4.74 Å². The SMILES string of the molecule is Cc1cccnc1CN1CCC2(CC1)CC(Oc1ccc(-c3c(C)cnn3C)nn1)C2. The van der Waals surface area contributed by atoms with Crippen molar-refractivity contribution in [2.24, 2.45) is 12.5 Å². The third kappa shape index (κ3) is 4.06. The minimum Gasteiger partial charge on any atom is -0.473 e. The van der Waals surface area contributed by atoms with E-state index in [1.54, 1.807) is 0 Å². The smallest absolute Gasteiger partial charge is 0.233 e. The third-order valence-corrected chi connectivity index (χ3v) is 7.02. The minimum absolute atomic E-state index is 0.253. The van der Waals surface area contributed by atoms with Crippen LogP contribution >= 0.6 is 0 Å². The summed E-state index contributed by atoms with van der Waals surface area (Å²) in [5.74, 6) is 0.617. The van der Waals surface area contributed by atoms with Gasteiger partial charge in [0.1, 0.15) is 11.8 Å². The molecule has 1 aliphatic heterocycles. The predicted molar refractivity (Wildman–Crippen MR) is 119 cm³/mol. The average Bonchev–Trinajstić information content (AvgIpc) is 3.09. The lowest BCUT2D eigenvalue weighted by Gasteiger charge is -2.51. The van der Waals surface area contributed by atoms with E-state index in [1.165, 1.54) is 24.1 Å². The summed E-state index contributed by atoms with van der Waals surface area (Å²) in [7, 11) is 1.92. The van der Waals surface area contributed by atoms with Crippen LogP contribution in [-0.4, -0.2) is 49.1 Å². The lowest BCUT2D eigenvalue weighted by Crippen LogP contribution is -2.50. The number of piperidine rings is 1. The molecule has 2 aliphatic rings. The van der Waals surface area contributed by atoms with E-state index in [-0.39, 0.29) is 6.10 Å². The van der Waals surface area contributed by atoms with Crippen LogP contribution in [0.15, 0.2) is 36.7 Å². The summed E-state index contributed by atoms with van der Waals surface area (Å²) in [4.78, 5) is 7.10. The quantitative estimate of drug-likeness (QED) is 0.629. The number of aromatic nitrogens is 5. The van der Waals surface area contributed by atoms with Crippen molar-refractivity contribution in [2.75, 3.05) is 13.1 Å². The van der Waals surface area contributed by atoms with Gasteiger partial charge in [0.2, 0.25) is 5.88 Å². The molecule has 4 heterocycles. The zero-order valence-corrected chi connectivity index (χ0v) is 18.6. The number of likely N-dealkylation sites (tertiary alicyclic amines) is 1. The molecule has 1 saturated heterocycles. The molecular weight excluding hydrogens is 388 g/mol. The third-order valence-electron chi connectivity index (χ3n) is 7.02. The molecule has 0 atom stereocenters. The Hall–Kier alpha value is -2.80. The van der Waals surface area contributed by atoms with Crippen molar-refractivity contribution in [3.8, 4) is 17.3 Å². The first kappa shape index (κ1) is 20.1. The fourth-order valence-electron chi connectivity index (χ4n) is 5.07. The highest BCUT2D eigenvalue weighted by Crippen LogP contribution is 2.50. The van der Waals surface area contributed by atoms with Gasteiger partial charge in [-0.2, -0.15) is 5.10 Å². The summed E-state index contributed by atoms with van der Waals surface area (Å²) in [5.41, 5.74) is 5.84. The Kier molecular flexibility index (Phi) is 5.22. The molecule has 1 spiro atoms. The number of ether oxygens (including phenoxy) is 1. The van der Waals surface area contributed by atoms with Gasteiger partial charge in [0.15, 0.2) is 0 Å². The Bertz CT molecular complexity index is 1020. The topological polar surface area (TPSA) is 69.0 Å². The van der Waals surface area contributed by atoms with Gasteiger partial charge in [0.25, 0.3) is 0 Å². The molecule has 162 valence electrons. The van der Waals surface area contributed by atoms with Gasteiger partial charge >= 0.3 is 0 Å². The van der Waals surface area contributed by atoms with Gasteiger partial charge < -0.3 is 4.74 Å². The molecule has 0 aromatic carbocycles. The second-order valence-electron chi connectivity index (χ2n) is 9.25. The van der Waals surface area contributed by atoms with Gasteiger partial charge in [-0.25, -0.2) is 0 Å². The fourth-order valence-corrected chi connectivity index (χ4v) is 5.07. The lowest BCUT2D eigenvalue weighted by atomic mass is 9.61. The molecule has 0 bridgehead atoms. The van der Waals surface area contributed by atoms with Crippen molar-refractivity contribution in [1.29, 1.82) is 0 Å². The van der Waals surface area contributed by atoms with E-state index in [0.29, 0.717) is 11.3 Å². The Morgan fingerprint density at radius 2 is 1.87 bits per heavy atom. The molecule has 1 saturated carbocycles. The molecule has 0 N–H and O–H groups in total. The number of hydrogen-bond acceptors (Lipinski definition) is 6. The first-order valence-electron chi connectivity index (χ1n) is 11.1. The van der Waals surface area contributed by atoms with Gasteiger partial charge in [-0.1, -0.05) is 6.07 Å². The summed E-state index contributed by atoms with van der Waals surface area (Å²) in [6.45, 7) is 7.42. The summed E-state index contributed by atoms with van der Waals surface area (Å²) in [5, 5.41) is 13.0. The maximum absolute atomic E-state index is 6.13. The van der Waals surface area contributed by atoms with Crippen molar-refractivity contribution < 1.29 is 4.74 Å². The molecule has 2 fully saturated rings. The van der Waals surface area contributed by atoms with Crippen molar-refractivity contribution in [3.63, 3.8) is 0 Å². The van der Waals surface area contributed by atoms with E-state index in [2.05, 4.69) is 38.2 Å². The number of pyridine rings is 1. The van der Waals surface area contributed by atoms with Crippen LogP contribution in [-0.2, 0) is 13.6 Å². The molecule has 3 aromatic rings. The van der Waals surface area contributed by atoms with E-state index >= 15 is 0 Å². The standard InChI is InChI=1S/C24H30N6O/c1-17-5-4-10-25-21(17)16-30-11-8-24(9-12-30)13-19(14-24)31-22-7-6-20(27-28-22)23-18(2)15-26-29(23)3/h4-7,10,15,19H,8-9,11-14,16H2,1-3H3. The summed E-state index contributed by atoms with van der Waals surface area (Å²) < 4.78 is 7.96. The summed E-state index contributed by atoms with van der Waals surface area (Å²) >= 11 is 0. The van der Waals surface area contributed by atoms with Crippen LogP contribution < -0.4 is 4.74 Å². The van der Waals surface area contributed by atoms with Gasteiger partial charge in [0.05, 0.1) is 17.6 Å². The van der Waals surface area contributed by atoms with Crippen LogP contribution in [0.1, 0.15) is 42.5 Å². The van der Waals surface area contributed by atoms with Crippen LogP contribution in [0.2, 0.25) is 0 Å². The van der Waals surface area contributed by atoms with Crippen molar-refractivity contribution in [2.45, 2.75) is 52.2 Å². The van der Waals surface area contributed by atoms with Crippen LogP contribution in [0.5, 0.6) is 5.88 Å². The lowest BCUT2D eigenvalue weighted by molar-refractivity contribution is -0.0584. The molecule has 0 radical (unpaired) electrons. The largest absolute Gasteiger partial charge is 0.473 e. The maximum Gasteiger partial charge on any atom is 0.233 e. The van der Waals surface area contributed by atoms with Crippen LogP contribution in [0.25, 0.3) is 11.4 Å². The first-order valence-corrected chi connectivity index (χ1v) is 11.1. The highest BCUT2D eigenvalue weighted by atomic mass is 16.5. The predicted octanol–water partition coefficient (Wildman–Crippen LogP) is 3.71. The molecule has 5 rings (SSSR count). The van der Waals surface area contributed by atoms with Crippen LogP contribution in [0.4, 0.5) is 0 Å². The van der Waals surface area contributed by atoms with Crippen molar-refractivity contribution >= 4 is 0 Å². The summed E-state index contributed by atoms with van der Waals surface area (Å²) in [6.07, 6.45) is 8.71. The van der Waals surface area contributed by atoms with Crippen LogP contribution in [0, 0.1) is 19.3 Å². The average molecular weight is 419 g/mol. The zero-order valence-electron chi connectivity index (χ0n) is 18.6. The zero-order chi connectivity index (χ0) is 21.4. The molecular formula is C24H30N6O. The van der Waals surface area contributed by atoms with Crippen molar-refractivity contribution in [3.05, 3.63) is 53.5 Å². The highest BCUT2D eigenvalue weighted by molar-refractivity contribution is 5.58.